The first-order valence-electron chi connectivity index (χ1n) is 13.0. The molecule has 0 saturated carbocycles. The number of carbonyl (C=O) groups is 2. The van der Waals surface area contributed by atoms with Gasteiger partial charge in [-0.05, 0) is 85.6 Å². The van der Waals surface area contributed by atoms with E-state index in [0.29, 0.717) is 22.6 Å². The zero-order valence-corrected chi connectivity index (χ0v) is 23.2. The number of allylic oxidation sites excluding steroid dienone is 1. The van der Waals surface area contributed by atoms with Gasteiger partial charge < -0.3 is 14.8 Å². The van der Waals surface area contributed by atoms with E-state index in [9.17, 15) is 22.8 Å². The third kappa shape index (κ3) is 6.23. The number of carbonyl (C=O) groups excluding carboxylic acids is 2. The summed E-state index contributed by atoms with van der Waals surface area (Å²) in [6, 6.07) is 8.78. The van der Waals surface area contributed by atoms with Crippen LogP contribution in [0.1, 0.15) is 75.3 Å². The standard InChI is InChI=1S/C30H35F3N2O4/c1-17-11-20(13-22(12-17)30(31,32)33)27-18(2)35(28(37)39-27)16-21-15-29(4,5)10-9-24(21)25-14-23(34-19(3)36)7-8-26(25)38-6/h7-8,11-14,18,27H,9-10,15-16H2,1-6H3,(H,34,36)/t18-,27-/m0/s1. The first-order chi connectivity index (χ1) is 18.2. The van der Waals surface area contributed by atoms with Crippen LogP contribution in [0.5, 0.6) is 5.75 Å². The SMILES string of the molecule is COc1ccc(NC(C)=O)cc1C1=C(CN2C(=O)O[C@H](c3cc(C)cc(C(F)(F)F)c3)[C@@H]2C)CC(C)(C)CC1. The van der Waals surface area contributed by atoms with Gasteiger partial charge in [0.25, 0.3) is 0 Å². The van der Waals surface area contributed by atoms with Crippen LogP contribution in [-0.4, -0.2) is 36.6 Å². The average molecular weight is 545 g/mol. The second-order valence-electron chi connectivity index (χ2n) is 11.3. The Morgan fingerprint density at radius 2 is 1.92 bits per heavy atom. The van der Waals surface area contributed by atoms with Gasteiger partial charge in [-0.25, -0.2) is 4.79 Å². The number of alkyl halides is 3. The minimum absolute atomic E-state index is 0.00820. The number of nitrogens with zero attached hydrogens (tertiary/aromatic N) is 1. The molecular formula is C30H35F3N2O4. The summed E-state index contributed by atoms with van der Waals surface area (Å²) in [7, 11) is 1.59. The van der Waals surface area contributed by atoms with Crippen molar-refractivity contribution in [3.63, 3.8) is 0 Å². The van der Waals surface area contributed by atoms with Gasteiger partial charge in [0.1, 0.15) is 11.9 Å². The molecule has 2 atom stereocenters. The summed E-state index contributed by atoms with van der Waals surface area (Å²) in [5, 5.41) is 2.82. The maximum absolute atomic E-state index is 13.5. The smallest absolute Gasteiger partial charge is 0.416 e. The second kappa shape index (κ2) is 10.6. The maximum Gasteiger partial charge on any atom is 0.416 e. The molecule has 39 heavy (non-hydrogen) atoms. The number of ether oxygens (including phenoxy) is 2. The van der Waals surface area contributed by atoms with Crippen molar-refractivity contribution in [3.8, 4) is 5.75 Å². The molecule has 1 aliphatic heterocycles. The van der Waals surface area contributed by atoms with Gasteiger partial charge in [0.2, 0.25) is 5.91 Å². The summed E-state index contributed by atoms with van der Waals surface area (Å²) in [4.78, 5) is 26.4. The summed E-state index contributed by atoms with van der Waals surface area (Å²) in [5.74, 6) is 0.472. The highest BCUT2D eigenvalue weighted by molar-refractivity contribution is 5.90. The molecule has 0 spiro atoms. The van der Waals surface area contributed by atoms with Gasteiger partial charge >= 0.3 is 12.3 Å². The van der Waals surface area contributed by atoms with E-state index in [1.54, 1.807) is 38.0 Å². The minimum atomic E-state index is -4.50. The molecule has 0 bridgehead atoms. The fourth-order valence-corrected chi connectivity index (χ4v) is 5.62. The Morgan fingerprint density at radius 1 is 1.21 bits per heavy atom. The predicted octanol–water partition coefficient (Wildman–Crippen LogP) is 7.53. The lowest BCUT2D eigenvalue weighted by Gasteiger charge is -2.36. The number of methoxy groups -OCH3 is 1. The van der Waals surface area contributed by atoms with Crippen molar-refractivity contribution >= 4 is 23.3 Å². The Balaban J connectivity index is 1.71. The van der Waals surface area contributed by atoms with E-state index >= 15 is 0 Å². The number of nitrogens with one attached hydrogen (secondary N) is 1. The van der Waals surface area contributed by atoms with Gasteiger partial charge in [-0.1, -0.05) is 25.5 Å². The monoisotopic (exact) mass is 544 g/mol. The number of rotatable bonds is 6. The van der Waals surface area contributed by atoms with Crippen LogP contribution in [0.15, 0.2) is 42.0 Å². The minimum Gasteiger partial charge on any atom is -0.496 e. The molecule has 9 heteroatoms. The summed E-state index contributed by atoms with van der Waals surface area (Å²) < 4.78 is 51.7. The lowest BCUT2D eigenvalue weighted by Crippen LogP contribution is -2.35. The van der Waals surface area contributed by atoms with E-state index in [-0.39, 0.29) is 17.9 Å². The van der Waals surface area contributed by atoms with Crippen molar-refractivity contribution in [3.05, 3.63) is 64.2 Å². The topological polar surface area (TPSA) is 67.9 Å². The number of hydrogen-bond acceptors (Lipinski definition) is 4. The van der Waals surface area contributed by atoms with Crippen molar-refractivity contribution in [1.82, 2.24) is 4.90 Å². The van der Waals surface area contributed by atoms with Crippen molar-refractivity contribution in [2.24, 2.45) is 5.41 Å². The highest BCUT2D eigenvalue weighted by Crippen LogP contribution is 2.46. The largest absolute Gasteiger partial charge is 0.496 e. The normalized spacial score (nSPS) is 21.2. The zero-order valence-electron chi connectivity index (χ0n) is 23.2. The molecule has 6 nitrogen and oxygen atoms in total. The molecule has 2 aromatic carbocycles. The van der Waals surface area contributed by atoms with Gasteiger partial charge in [-0.15, -0.1) is 0 Å². The van der Waals surface area contributed by atoms with E-state index in [1.165, 1.54) is 6.92 Å². The Bertz CT molecular complexity index is 1320. The summed E-state index contributed by atoms with van der Waals surface area (Å²) in [6.07, 6.45) is -3.49. The first kappa shape index (κ1) is 28.5. The number of amides is 2. The predicted molar refractivity (Wildman–Crippen MR) is 143 cm³/mol. The quantitative estimate of drug-likeness (QED) is 0.408. The molecule has 2 aliphatic rings. The Labute approximate surface area is 227 Å². The first-order valence-corrected chi connectivity index (χ1v) is 13.0. The van der Waals surface area contributed by atoms with E-state index in [4.69, 9.17) is 9.47 Å². The lowest BCUT2D eigenvalue weighted by molar-refractivity contribution is -0.137. The van der Waals surface area contributed by atoms with E-state index in [1.807, 2.05) is 12.1 Å². The molecule has 0 radical (unpaired) electrons. The highest BCUT2D eigenvalue weighted by atomic mass is 19.4. The lowest BCUT2D eigenvalue weighted by atomic mass is 9.72. The van der Waals surface area contributed by atoms with Crippen LogP contribution in [0.2, 0.25) is 0 Å². The summed E-state index contributed by atoms with van der Waals surface area (Å²) >= 11 is 0. The fraction of sp³-hybridized carbons (Fsp3) is 0.467. The number of aryl methyl sites for hydroxylation is 1. The Hall–Kier alpha value is -3.49. The van der Waals surface area contributed by atoms with Gasteiger partial charge in [0, 0.05) is 24.7 Å². The van der Waals surface area contributed by atoms with Gasteiger partial charge in [-0.2, -0.15) is 13.2 Å². The maximum atomic E-state index is 13.5. The molecular weight excluding hydrogens is 509 g/mol. The van der Waals surface area contributed by atoms with Crippen LogP contribution < -0.4 is 10.1 Å². The van der Waals surface area contributed by atoms with Gasteiger partial charge in [0.05, 0.1) is 18.7 Å². The zero-order chi connectivity index (χ0) is 28.7. The third-order valence-corrected chi connectivity index (χ3v) is 7.52. The van der Waals surface area contributed by atoms with Crippen molar-refractivity contribution in [2.75, 3.05) is 19.0 Å². The van der Waals surface area contributed by atoms with Gasteiger partial charge in [0.15, 0.2) is 0 Å². The number of halogens is 3. The second-order valence-corrected chi connectivity index (χ2v) is 11.3. The fourth-order valence-electron chi connectivity index (χ4n) is 5.62. The van der Waals surface area contributed by atoms with E-state index in [2.05, 4.69) is 19.2 Å². The summed E-state index contributed by atoms with van der Waals surface area (Å²) in [6.45, 7) is 9.48. The number of cyclic esters (lactones) is 1. The Kier molecular flexibility index (Phi) is 7.74. The molecule has 2 amide bonds. The molecule has 4 rings (SSSR count). The van der Waals surface area contributed by atoms with E-state index < -0.39 is 30.0 Å². The Morgan fingerprint density at radius 3 is 2.56 bits per heavy atom. The molecule has 210 valence electrons. The van der Waals surface area contributed by atoms with E-state index in [0.717, 1.165) is 48.1 Å². The molecule has 1 fully saturated rings. The number of anilines is 1. The molecule has 1 N–H and O–H groups in total. The van der Waals surface area contributed by atoms with Crippen LogP contribution in [0.3, 0.4) is 0 Å². The molecule has 1 saturated heterocycles. The van der Waals surface area contributed by atoms with Crippen LogP contribution in [0.25, 0.3) is 5.57 Å². The molecule has 1 heterocycles. The number of hydrogen-bond donors (Lipinski definition) is 1. The van der Waals surface area contributed by atoms with Crippen LogP contribution in [0.4, 0.5) is 23.7 Å². The molecule has 0 aromatic heterocycles. The van der Waals surface area contributed by atoms with Crippen molar-refractivity contribution in [2.45, 2.75) is 72.2 Å². The van der Waals surface area contributed by atoms with Crippen LogP contribution in [-0.2, 0) is 15.7 Å². The van der Waals surface area contributed by atoms with Crippen LogP contribution in [0, 0.1) is 12.3 Å². The molecule has 1 aliphatic carbocycles. The average Bonchev–Trinajstić information content (AvgIpc) is 3.11. The summed E-state index contributed by atoms with van der Waals surface area (Å²) in [5.41, 5.74) is 3.57. The van der Waals surface area contributed by atoms with Crippen molar-refractivity contribution in [1.29, 1.82) is 0 Å². The third-order valence-electron chi connectivity index (χ3n) is 7.52. The van der Waals surface area contributed by atoms with Crippen molar-refractivity contribution < 1.29 is 32.2 Å². The number of benzene rings is 2. The van der Waals surface area contributed by atoms with Gasteiger partial charge in [-0.3, -0.25) is 9.69 Å². The van der Waals surface area contributed by atoms with Crippen LogP contribution >= 0.6 is 0 Å². The highest BCUT2D eigenvalue weighted by Gasteiger charge is 2.42. The molecule has 2 aromatic rings. The molecule has 0 unspecified atom stereocenters.